The highest BCUT2D eigenvalue weighted by Crippen LogP contribution is 2.39. The maximum absolute atomic E-state index is 11.6. The zero-order valence-corrected chi connectivity index (χ0v) is 9.08. The van der Waals surface area contributed by atoms with Gasteiger partial charge >= 0.3 is 6.09 Å². The maximum atomic E-state index is 11.6. The second kappa shape index (κ2) is 4.11. The molecule has 5 heteroatoms. The molecule has 2 rings (SSSR count). The Bertz CT molecular complexity index is 407. The molecule has 0 spiro atoms. The fraction of sp³-hybridized carbons (Fsp3) is 0.364. The predicted molar refractivity (Wildman–Crippen MR) is 57.1 cm³/mol. The topological polar surface area (TPSA) is 59.0 Å². The molecular formula is C11H13NO4. The first-order chi connectivity index (χ1) is 7.70. The second-order valence-corrected chi connectivity index (χ2v) is 3.47. The summed E-state index contributed by atoms with van der Waals surface area (Å²) in [5, 5.41) is 9.98. The van der Waals surface area contributed by atoms with E-state index in [2.05, 4.69) is 4.74 Å². The Labute approximate surface area is 93.2 Å². The summed E-state index contributed by atoms with van der Waals surface area (Å²) in [5.74, 6) is 0. The van der Waals surface area contributed by atoms with E-state index in [0.29, 0.717) is 11.3 Å². The number of hydrogen-bond acceptors (Lipinski definition) is 4. The van der Waals surface area contributed by atoms with Crippen LogP contribution in [0.15, 0.2) is 24.3 Å². The van der Waals surface area contributed by atoms with Gasteiger partial charge in [0.25, 0.3) is 0 Å². The van der Waals surface area contributed by atoms with E-state index in [1.54, 1.807) is 24.3 Å². The first-order valence-corrected chi connectivity index (χ1v) is 4.87. The van der Waals surface area contributed by atoms with E-state index < -0.39 is 18.4 Å². The molecule has 0 saturated heterocycles. The van der Waals surface area contributed by atoms with Crippen LogP contribution in [0.4, 0.5) is 10.5 Å². The van der Waals surface area contributed by atoms with Crippen LogP contribution in [0, 0.1) is 0 Å². The van der Waals surface area contributed by atoms with Crippen molar-refractivity contribution in [3.63, 3.8) is 0 Å². The monoisotopic (exact) mass is 223 g/mol. The molecule has 1 aromatic rings. The van der Waals surface area contributed by atoms with Crippen molar-refractivity contribution in [3.8, 4) is 0 Å². The summed E-state index contributed by atoms with van der Waals surface area (Å²) in [6.07, 6.45) is -2.12. The molecule has 1 aromatic carbocycles. The third-order valence-electron chi connectivity index (χ3n) is 2.65. The van der Waals surface area contributed by atoms with Gasteiger partial charge in [-0.3, -0.25) is 0 Å². The molecule has 16 heavy (non-hydrogen) atoms. The normalized spacial score (nSPS) is 23.1. The van der Waals surface area contributed by atoms with Crippen LogP contribution in [0.1, 0.15) is 11.7 Å². The van der Waals surface area contributed by atoms with Crippen LogP contribution in [-0.2, 0) is 9.47 Å². The molecule has 86 valence electrons. The molecule has 1 heterocycles. The number of aliphatic hydroxyl groups is 1. The van der Waals surface area contributed by atoms with Crippen LogP contribution >= 0.6 is 0 Å². The molecule has 2 atom stereocenters. The average Bonchev–Trinajstić information content (AvgIpc) is 2.62. The summed E-state index contributed by atoms with van der Waals surface area (Å²) in [6.45, 7) is 0. The van der Waals surface area contributed by atoms with Crippen molar-refractivity contribution in [3.05, 3.63) is 29.8 Å². The summed E-state index contributed by atoms with van der Waals surface area (Å²) < 4.78 is 9.78. The van der Waals surface area contributed by atoms with E-state index >= 15 is 0 Å². The molecule has 1 aliphatic heterocycles. The highest BCUT2D eigenvalue weighted by molar-refractivity contribution is 5.91. The van der Waals surface area contributed by atoms with Crippen molar-refractivity contribution in [1.29, 1.82) is 0 Å². The minimum atomic E-state index is -0.847. The van der Waals surface area contributed by atoms with Gasteiger partial charge in [0.05, 0.1) is 12.8 Å². The fourth-order valence-corrected chi connectivity index (χ4v) is 1.92. The lowest BCUT2D eigenvalue weighted by molar-refractivity contribution is -0.00321. The molecule has 0 bridgehead atoms. The fourth-order valence-electron chi connectivity index (χ4n) is 1.92. The Morgan fingerprint density at radius 2 is 2.06 bits per heavy atom. The number of nitrogens with zero attached hydrogens (tertiary/aromatic N) is 1. The van der Waals surface area contributed by atoms with Crippen molar-refractivity contribution in [1.82, 2.24) is 0 Å². The molecule has 0 saturated carbocycles. The number of benzene rings is 1. The van der Waals surface area contributed by atoms with Crippen molar-refractivity contribution < 1.29 is 19.4 Å². The van der Waals surface area contributed by atoms with Crippen LogP contribution in [-0.4, -0.2) is 31.6 Å². The van der Waals surface area contributed by atoms with Crippen molar-refractivity contribution in [2.45, 2.75) is 12.3 Å². The summed E-state index contributed by atoms with van der Waals surface area (Å²) >= 11 is 0. The highest BCUT2D eigenvalue weighted by atomic mass is 16.6. The molecule has 5 nitrogen and oxygen atoms in total. The number of carbonyl (C=O) groups excluding carboxylic acids is 1. The number of hydrogen-bond donors (Lipinski definition) is 1. The first-order valence-electron chi connectivity index (χ1n) is 4.87. The molecule has 0 aromatic heterocycles. The third-order valence-corrected chi connectivity index (χ3v) is 2.65. The van der Waals surface area contributed by atoms with Gasteiger partial charge in [-0.15, -0.1) is 0 Å². The van der Waals surface area contributed by atoms with E-state index in [4.69, 9.17) is 4.74 Å². The van der Waals surface area contributed by atoms with Gasteiger partial charge in [0, 0.05) is 12.7 Å². The van der Waals surface area contributed by atoms with Gasteiger partial charge < -0.3 is 14.6 Å². The second-order valence-electron chi connectivity index (χ2n) is 3.47. The Morgan fingerprint density at radius 1 is 1.38 bits per heavy atom. The molecule has 1 aliphatic rings. The largest absolute Gasteiger partial charge is 0.452 e. The molecule has 1 amide bonds. The number of ether oxygens (including phenoxy) is 2. The quantitative estimate of drug-likeness (QED) is 0.779. The molecule has 0 unspecified atom stereocenters. The number of amides is 1. The number of para-hydroxylation sites is 1. The number of fused-ring (bicyclic) bond motifs is 1. The molecular weight excluding hydrogens is 210 g/mol. The van der Waals surface area contributed by atoms with Gasteiger partial charge in [0.15, 0.2) is 6.23 Å². The van der Waals surface area contributed by atoms with Gasteiger partial charge in [0.2, 0.25) is 0 Å². The average molecular weight is 223 g/mol. The zero-order chi connectivity index (χ0) is 11.7. The van der Waals surface area contributed by atoms with Crippen LogP contribution in [0.5, 0.6) is 0 Å². The lowest BCUT2D eigenvalue weighted by Gasteiger charge is -2.23. The molecule has 0 aliphatic carbocycles. The molecule has 0 radical (unpaired) electrons. The standard InChI is InChI=1S/C11H13NO4/c1-15-10-9(13)7-5-3-4-6-8(7)12(10)11(14)16-2/h3-6,9-10,13H,1-2H3/t9-,10-/m1/s1. The number of methoxy groups -OCH3 is 2. The zero-order valence-electron chi connectivity index (χ0n) is 9.08. The van der Waals surface area contributed by atoms with Crippen LogP contribution in [0.25, 0.3) is 0 Å². The minimum Gasteiger partial charge on any atom is -0.452 e. The molecule has 0 fully saturated rings. The van der Waals surface area contributed by atoms with Gasteiger partial charge in [-0.2, -0.15) is 0 Å². The van der Waals surface area contributed by atoms with E-state index in [9.17, 15) is 9.90 Å². The smallest absolute Gasteiger partial charge is 0.416 e. The number of rotatable bonds is 1. The SMILES string of the molecule is COC(=O)N1c2ccccc2[C@@H](O)[C@H]1OC. The van der Waals surface area contributed by atoms with E-state index in [0.717, 1.165) is 0 Å². The number of aliphatic hydroxyl groups excluding tert-OH is 1. The number of anilines is 1. The Hall–Kier alpha value is -1.59. The highest BCUT2D eigenvalue weighted by Gasteiger charge is 2.41. The summed E-state index contributed by atoms with van der Waals surface area (Å²) in [6, 6.07) is 7.10. The lowest BCUT2D eigenvalue weighted by Crippen LogP contribution is -2.40. The lowest BCUT2D eigenvalue weighted by atomic mass is 10.1. The van der Waals surface area contributed by atoms with E-state index in [-0.39, 0.29) is 0 Å². The Balaban J connectivity index is 2.46. The third kappa shape index (κ3) is 1.45. The Morgan fingerprint density at radius 3 is 2.69 bits per heavy atom. The molecule has 1 N–H and O–H groups in total. The van der Waals surface area contributed by atoms with Crippen molar-refractivity contribution in [2.75, 3.05) is 19.1 Å². The van der Waals surface area contributed by atoms with Crippen LogP contribution in [0.3, 0.4) is 0 Å². The van der Waals surface area contributed by atoms with Gasteiger partial charge in [-0.1, -0.05) is 18.2 Å². The van der Waals surface area contributed by atoms with E-state index in [1.165, 1.54) is 19.1 Å². The van der Waals surface area contributed by atoms with E-state index in [1.807, 2.05) is 0 Å². The van der Waals surface area contributed by atoms with Crippen molar-refractivity contribution >= 4 is 11.8 Å². The summed E-state index contributed by atoms with van der Waals surface area (Å²) in [7, 11) is 2.73. The van der Waals surface area contributed by atoms with Crippen LogP contribution < -0.4 is 4.90 Å². The number of carbonyl (C=O) groups is 1. The summed E-state index contributed by atoms with van der Waals surface area (Å²) in [4.78, 5) is 12.9. The first kappa shape index (κ1) is 10.9. The predicted octanol–water partition coefficient (Wildman–Crippen LogP) is 1.28. The van der Waals surface area contributed by atoms with Crippen molar-refractivity contribution in [2.24, 2.45) is 0 Å². The minimum absolute atomic E-state index is 0.546. The summed E-state index contributed by atoms with van der Waals surface area (Å²) in [5.41, 5.74) is 1.29. The van der Waals surface area contributed by atoms with Crippen LogP contribution in [0.2, 0.25) is 0 Å². The van der Waals surface area contributed by atoms with Gasteiger partial charge in [-0.25, -0.2) is 9.69 Å². The maximum Gasteiger partial charge on any atom is 0.416 e. The Kier molecular flexibility index (Phi) is 2.80. The van der Waals surface area contributed by atoms with Gasteiger partial charge in [0.1, 0.15) is 6.10 Å². The van der Waals surface area contributed by atoms with Gasteiger partial charge in [-0.05, 0) is 6.07 Å².